The molecule has 1 aromatic rings. The molecule has 124 valence electrons. The van der Waals surface area contributed by atoms with Gasteiger partial charge in [-0.3, -0.25) is 9.59 Å². The van der Waals surface area contributed by atoms with Crippen molar-refractivity contribution in [3.63, 3.8) is 0 Å². The number of nitrogens with zero attached hydrogens (tertiary/aromatic N) is 1. The summed E-state index contributed by atoms with van der Waals surface area (Å²) in [5.74, 6) is -4.35. The van der Waals surface area contributed by atoms with E-state index in [1.165, 1.54) is 12.2 Å². The molecule has 2 rings (SSSR count). The number of hydrogen-bond donors (Lipinski definition) is 0. The van der Waals surface area contributed by atoms with Crippen molar-refractivity contribution in [2.45, 2.75) is 12.8 Å². The Bertz CT molecular complexity index is 617. The third kappa shape index (κ3) is 4.43. The van der Waals surface area contributed by atoms with Gasteiger partial charge in [-0.25, -0.2) is 13.2 Å². The highest BCUT2D eigenvalue weighted by Gasteiger charge is 2.25. The van der Waals surface area contributed by atoms with E-state index in [1.54, 1.807) is 4.90 Å². The van der Waals surface area contributed by atoms with Crippen LogP contribution >= 0.6 is 15.9 Å². The SMILES string of the molecule is O=C(CBr)C1CCN(C(=O)C=Cc2cc(F)c(F)c(F)c2)CC1. The summed E-state index contributed by atoms with van der Waals surface area (Å²) in [5.41, 5.74) is 0.0686. The van der Waals surface area contributed by atoms with Gasteiger partial charge < -0.3 is 4.90 Å². The molecule has 0 bridgehead atoms. The fourth-order valence-corrected chi connectivity index (χ4v) is 2.93. The Labute approximate surface area is 140 Å². The van der Waals surface area contributed by atoms with E-state index >= 15 is 0 Å². The van der Waals surface area contributed by atoms with Gasteiger partial charge in [0.15, 0.2) is 17.5 Å². The van der Waals surface area contributed by atoms with E-state index in [0.717, 1.165) is 12.1 Å². The van der Waals surface area contributed by atoms with Crippen molar-refractivity contribution >= 4 is 33.7 Å². The van der Waals surface area contributed by atoms with E-state index in [2.05, 4.69) is 15.9 Å². The Morgan fingerprint density at radius 1 is 1.17 bits per heavy atom. The third-order valence-electron chi connectivity index (χ3n) is 3.82. The number of carbonyl (C=O) groups is 2. The summed E-state index contributed by atoms with van der Waals surface area (Å²) in [7, 11) is 0. The minimum Gasteiger partial charge on any atom is -0.339 e. The molecule has 1 heterocycles. The van der Waals surface area contributed by atoms with E-state index in [1.807, 2.05) is 0 Å². The van der Waals surface area contributed by atoms with Gasteiger partial charge in [0.1, 0.15) is 5.78 Å². The maximum absolute atomic E-state index is 13.1. The zero-order chi connectivity index (χ0) is 17.0. The zero-order valence-corrected chi connectivity index (χ0v) is 13.8. The molecule has 0 N–H and O–H groups in total. The van der Waals surface area contributed by atoms with Crippen molar-refractivity contribution in [1.82, 2.24) is 4.90 Å². The van der Waals surface area contributed by atoms with E-state index < -0.39 is 17.5 Å². The van der Waals surface area contributed by atoms with Crippen molar-refractivity contribution in [2.75, 3.05) is 18.4 Å². The molecule has 1 aliphatic rings. The van der Waals surface area contributed by atoms with Crippen LogP contribution in [0, 0.1) is 23.4 Å². The molecule has 0 atom stereocenters. The molecule has 0 aromatic heterocycles. The van der Waals surface area contributed by atoms with E-state index in [9.17, 15) is 22.8 Å². The summed E-state index contributed by atoms with van der Waals surface area (Å²) in [6, 6.07) is 1.65. The molecule has 1 aliphatic heterocycles. The number of alkyl halides is 1. The summed E-state index contributed by atoms with van der Waals surface area (Å²) >= 11 is 3.13. The minimum atomic E-state index is -1.54. The molecule has 1 saturated heterocycles. The van der Waals surface area contributed by atoms with Crippen LogP contribution in [0.1, 0.15) is 18.4 Å². The predicted octanol–water partition coefficient (Wildman–Crippen LogP) is 3.32. The van der Waals surface area contributed by atoms with Gasteiger partial charge in [0.25, 0.3) is 0 Å². The van der Waals surface area contributed by atoms with Gasteiger partial charge in [0.05, 0.1) is 5.33 Å². The minimum absolute atomic E-state index is 0.0392. The molecular weight excluding hydrogens is 375 g/mol. The van der Waals surface area contributed by atoms with E-state index in [0.29, 0.717) is 31.3 Å². The molecule has 0 spiro atoms. The fraction of sp³-hybridized carbons (Fsp3) is 0.375. The lowest BCUT2D eigenvalue weighted by Gasteiger charge is -2.30. The maximum Gasteiger partial charge on any atom is 0.246 e. The average Bonchev–Trinajstić information content (AvgIpc) is 2.56. The van der Waals surface area contributed by atoms with Crippen LogP contribution < -0.4 is 0 Å². The van der Waals surface area contributed by atoms with Crippen LogP contribution in [0.3, 0.4) is 0 Å². The van der Waals surface area contributed by atoms with Gasteiger partial charge in [-0.2, -0.15) is 0 Å². The van der Waals surface area contributed by atoms with Crippen LogP contribution in [0.5, 0.6) is 0 Å². The number of ketones is 1. The quantitative estimate of drug-likeness (QED) is 0.450. The molecule has 0 unspecified atom stereocenters. The highest BCUT2D eigenvalue weighted by Crippen LogP contribution is 2.20. The second kappa shape index (κ2) is 7.77. The van der Waals surface area contributed by atoms with Gasteiger partial charge in [0.2, 0.25) is 5.91 Å². The monoisotopic (exact) mass is 389 g/mol. The van der Waals surface area contributed by atoms with Crippen molar-refractivity contribution < 1.29 is 22.8 Å². The predicted molar refractivity (Wildman–Crippen MR) is 83.5 cm³/mol. The Morgan fingerprint density at radius 2 is 1.74 bits per heavy atom. The fourth-order valence-electron chi connectivity index (χ4n) is 2.48. The maximum atomic E-state index is 13.1. The van der Waals surface area contributed by atoms with E-state index in [-0.39, 0.29) is 23.2 Å². The smallest absolute Gasteiger partial charge is 0.246 e. The molecule has 1 aromatic carbocycles. The molecule has 7 heteroatoms. The normalized spacial score (nSPS) is 16.1. The van der Waals surface area contributed by atoms with Crippen LogP contribution in [0.15, 0.2) is 18.2 Å². The van der Waals surface area contributed by atoms with Crippen molar-refractivity contribution in [3.8, 4) is 0 Å². The number of halogens is 4. The first-order valence-corrected chi connectivity index (χ1v) is 8.24. The Hall–Kier alpha value is -1.63. The third-order valence-corrected chi connectivity index (χ3v) is 4.37. The Balaban J connectivity index is 1.96. The second-order valence-corrected chi connectivity index (χ2v) is 5.89. The van der Waals surface area contributed by atoms with Crippen LogP contribution in [0.25, 0.3) is 6.08 Å². The largest absolute Gasteiger partial charge is 0.339 e. The average molecular weight is 390 g/mol. The number of benzene rings is 1. The number of carbonyl (C=O) groups excluding carboxylic acids is 2. The molecule has 3 nitrogen and oxygen atoms in total. The van der Waals surface area contributed by atoms with E-state index in [4.69, 9.17) is 0 Å². The number of hydrogen-bond acceptors (Lipinski definition) is 2. The number of Topliss-reactive ketones (excluding diaryl/α,β-unsaturated/α-hetero) is 1. The molecule has 0 aliphatic carbocycles. The number of likely N-dealkylation sites (tertiary alicyclic amines) is 1. The van der Waals surface area contributed by atoms with Crippen molar-refractivity contribution in [1.29, 1.82) is 0 Å². The molecular formula is C16H15BrF3NO2. The molecule has 0 radical (unpaired) electrons. The summed E-state index contributed by atoms with van der Waals surface area (Å²) in [5, 5.41) is 0.313. The van der Waals surface area contributed by atoms with Crippen LogP contribution in [-0.4, -0.2) is 35.0 Å². The highest BCUT2D eigenvalue weighted by molar-refractivity contribution is 9.09. The Kier molecular flexibility index (Phi) is 5.98. The van der Waals surface area contributed by atoms with Crippen LogP contribution in [0.2, 0.25) is 0 Å². The Morgan fingerprint density at radius 3 is 2.26 bits per heavy atom. The number of amides is 1. The van der Waals surface area contributed by atoms with Crippen molar-refractivity contribution in [3.05, 3.63) is 41.2 Å². The first kappa shape index (κ1) is 17.7. The lowest BCUT2D eigenvalue weighted by molar-refractivity contribution is -0.130. The molecule has 23 heavy (non-hydrogen) atoms. The summed E-state index contributed by atoms with van der Waals surface area (Å²) in [4.78, 5) is 25.2. The highest BCUT2D eigenvalue weighted by atomic mass is 79.9. The van der Waals surface area contributed by atoms with Gasteiger partial charge in [-0.1, -0.05) is 15.9 Å². The van der Waals surface area contributed by atoms with Crippen LogP contribution in [0.4, 0.5) is 13.2 Å². The topological polar surface area (TPSA) is 37.4 Å². The lowest BCUT2D eigenvalue weighted by atomic mass is 9.93. The van der Waals surface area contributed by atoms with Gasteiger partial charge in [0, 0.05) is 25.1 Å². The second-order valence-electron chi connectivity index (χ2n) is 5.33. The van der Waals surface area contributed by atoms with Gasteiger partial charge >= 0.3 is 0 Å². The van der Waals surface area contributed by atoms with Crippen LogP contribution in [-0.2, 0) is 9.59 Å². The van der Waals surface area contributed by atoms with Crippen molar-refractivity contribution in [2.24, 2.45) is 5.92 Å². The number of rotatable bonds is 4. The molecule has 0 saturated carbocycles. The number of piperidine rings is 1. The summed E-state index contributed by atoms with van der Waals surface area (Å²) in [6.07, 6.45) is 3.63. The first-order chi connectivity index (χ1) is 10.9. The lowest BCUT2D eigenvalue weighted by Crippen LogP contribution is -2.39. The van der Waals surface area contributed by atoms with Gasteiger partial charge in [-0.15, -0.1) is 0 Å². The van der Waals surface area contributed by atoms with Gasteiger partial charge in [-0.05, 0) is 36.6 Å². The first-order valence-electron chi connectivity index (χ1n) is 7.12. The summed E-state index contributed by atoms with van der Waals surface area (Å²) < 4.78 is 39.0. The molecule has 1 fully saturated rings. The summed E-state index contributed by atoms with van der Waals surface area (Å²) in [6.45, 7) is 0.914. The zero-order valence-electron chi connectivity index (χ0n) is 12.2. The standard InChI is InChI=1S/C16H15BrF3NO2/c17-9-14(22)11-3-5-21(6-4-11)15(23)2-1-10-7-12(18)16(20)13(19)8-10/h1-2,7-8,11H,3-6,9H2. The molecule has 1 amide bonds.